The number of halogens is 8. The first kappa shape index (κ1) is 34.8. The van der Waals surface area contributed by atoms with Crippen LogP contribution in [0.4, 0.5) is 35.1 Å². The maximum Gasteiger partial charge on any atom is 0.432 e. The summed E-state index contributed by atoms with van der Waals surface area (Å²) >= 11 is 0. The van der Waals surface area contributed by atoms with Crippen molar-refractivity contribution >= 4 is 5.97 Å². The number of carbonyl (C=O) groups excluding carboxylic acids is 1. The van der Waals surface area contributed by atoms with E-state index in [1.165, 1.54) is 12.1 Å². The first-order valence-corrected chi connectivity index (χ1v) is 14.9. The molecule has 0 radical (unpaired) electrons. The standard InChI is InChI=1S/C35H28F8O5/c1-2-3-4-5-19-17-45-34(46-18-19)21-8-6-20(7-9-21)33(44)47-23-10-11-25(26(36)14-23)22-12-27(37)31(28(38)13-22)35(42,43)48-24-15-29(39)32(41)30(40)16-24/h6-16,19,34H,2-5,17-18H2,1H3. The van der Waals surface area contributed by atoms with Crippen LogP contribution in [0, 0.1) is 40.8 Å². The molecule has 0 spiro atoms. The Morgan fingerprint density at radius 2 is 1.38 bits per heavy atom. The van der Waals surface area contributed by atoms with Gasteiger partial charge in [0, 0.05) is 35.2 Å². The molecule has 0 aromatic heterocycles. The fourth-order valence-electron chi connectivity index (χ4n) is 5.12. The Labute approximate surface area is 270 Å². The molecule has 0 unspecified atom stereocenters. The lowest BCUT2D eigenvalue weighted by Crippen LogP contribution is -2.27. The highest BCUT2D eigenvalue weighted by Gasteiger charge is 2.41. The average Bonchev–Trinajstić information content (AvgIpc) is 3.03. The van der Waals surface area contributed by atoms with Gasteiger partial charge in [-0.05, 0) is 48.4 Å². The number of esters is 1. The molecule has 1 aliphatic heterocycles. The Balaban J connectivity index is 1.24. The monoisotopic (exact) mass is 680 g/mol. The van der Waals surface area contributed by atoms with Crippen LogP contribution < -0.4 is 9.47 Å². The molecule has 0 aliphatic carbocycles. The molecule has 13 heteroatoms. The van der Waals surface area contributed by atoms with Gasteiger partial charge in [0.15, 0.2) is 23.7 Å². The third kappa shape index (κ3) is 7.96. The number of hydrogen-bond acceptors (Lipinski definition) is 5. The SMILES string of the molecule is CCCCCC1COC(c2ccc(C(=O)Oc3ccc(-c4cc(F)c(C(F)(F)Oc5cc(F)c(F)c(F)c5)c(F)c4)c(F)c3)cc2)OC1. The molecule has 1 aliphatic rings. The van der Waals surface area contributed by atoms with Crippen LogP contribution in [-0.2, 0) is 15.6 Å². The van der Waals surface area contributed by atoms with Crippen LogP contribution in [0.15, 0.2) is 66.7 Å². The number of ether oxygens (including phenoxy) is 4. The molecule has 0 atom stereocenters. The van der Waals surface area contributed by atoms with Gasteiger partial charge in [0.25, 0.3) is 0 Å². The van der Waals surface area contributed by atoms with E-state index in [0.717, 1.165) is 43.9 Å². The van der Waals surface area contributed by atoms with E-state index in [1.54, 1.807) is 12.1 Å². The molecular formula is C35H28F8O5. The van der Waals surface area contributed by atoms with Crippen LogP contribution in [-0.4, -0.2) is 19.2 Å². The van der Waals surface area contributed by atoms with E-state index >= 15 is 4.39 Å². The minimum Gasteiger partial charge on any atom is -0.429 e. The second-order valence-electron chi connectivity index (χ2n) is 11.1. The fraction of sp³-hybridized carbons (Fsp3) is 0.286. The third-order valence-electron chi connectivity index (χ3n) is 7.60. The van der Waals surface area contributed by atoms with Crippen molar-refractivity contribution in [2.75, 3.05) is 13.2 Å². The van der Waals surface area contributed by atoms with E-state index < -0.39 is 75.7 Å². The Hall–Kier alpha value is -4.49. The van der Waals surface area contributed by atoms with E-state index in [1.807, 2.05) is 0 Å². The van der Waals surface area contributed by atoms with E-state index in [9.17, 15) is 35.5 Å². The minimum atomic E-state index is -4.81. The molecule has 1 heterocycles. The zero-order valence-corrected chi connectivity index (χ0v) is 25.3. The van der Waals surface area contributed by atoms with E-state index in [0.29, 0.717) is 36.8 Å². The first-order chi connectivity index (χ1) is 22.9. The van der Waals surface area contributed by atoms with Gasteiger partial charge in [-0.2, -0.15) is 8.78 Å². The van der Waals surface area contributed by atoms with Crippen molar-refractivity contribution in [2.24, 2.45) is 5.92 Å². The summed E-state index contributed by atoms with van der Waals surface area (Å²) < 4.78 is 135. The summed E-state index contributed by atoms with van der Waals surface area (Å²) in [5, 5.41) is 0. The second-order valence-corrected chi connectivity index (χ2v) is 11.1. The van der Waals surface area contributed by atoms with Gasteiger partial charge in [0.1, 0.15) is 34.5 Å². The molecule has 4 aromatic carbocycles. The Morgan fingerprint density at radius 1 is 0.771 bits per heavy atom. The first-order valence-electron chi connectivity index (χ1n) is 14.9. The maximum absolute atomic E-state index is 15.0. The van der Waals surface area contributed by atoms with Gasteiger partial charge < -0.3 is 18.9 Å². The van der Waals surface area contributed by atoms with Gasteiger partial charge in [0.05, 0.1) is 18.8 Å². The summed E-state index contributed by atoms with van der Waals surface area (Å²) in [5.74, 6) is -12.6. The third-order valence-corrected chi connectivity index (χ3v) is 7.60. The van der Waals surface area contributed by atoms with Crippen LogP contribution in [0.1, 0.15) is 60.4 Å². The molecule has 5 nitrogen and oxygen atoms in total. The minimum absolute atomic E-state index is 0.0699. The molecule has 0 saturated carbocycles. The molecule has 0 N–H and O–H groups in total. The summed E-state index contributed by atoms with van der Waals surface area (Å²) in [5.41, 5.74) is -2.06. The summed E-state index contributed by atoms with van der Waals surface area (Å²) in [7, 11) is 0. The predicted octanol–water partition coefficient (Wildman–Crippen LogP) is 9.78. The number of unbranched alkanes of at least 4 members (excludes halogenated alkanes) is 2. The lowest BCUT2D eigenvalue weighted by Gasteiger charge is -2.29. The zero-order chi connectivity index (χ0) is 34.6. The maximum atomic E-state index is 15.0. The number of benzene rings is 4. The number of hydrogen-bond donors (Lipinski definition) is 0. The average molecular weight is 681 g/mol. The number of carbonyl (C=O) groups is 1. The van der Waals surface area contributed by atoms with Gasteiger partial charge in [-0.15, -0.1) is 0 Å². The topological polar surface area (TPSA) is 54.0 Å². The van der Waals surface area contributed by atoms with E-state index in [2.05, 4.69) is 11.7 Å². The highest BCUT2D eigenvalue weighted by Crippen LogP contribution is 2.38. The fourth-order valence-corrected chi connectivity index (χ4v) is 5.12. The zero-order valence-electron chi connectivity index (χ0n) is 25.3. The van der Waals surface area contributed by atoms with Crippen LogP contribution in [0.3, 0.4) is 0 Å². The highest BCUT2D eigenvalue weighted by molar-refractivity contribution is 5.91. The van der Waals surface area contributed by atoms with Crippen molar-refractivity contribution in [2.45, 2.75) is 45.0 Å². The summed E-state index contributed by atoms with van der Waals surface area (Å²) in [6.07, 6.45) is -0.972. The number of rotatable bonds is 11. The van der Waals surface area contributed by atoms with Gasteiger partial charge in [-0.1, -0.05) is 38.3 Å². The molecule has 1 fully saturated rings. The summed E-state index contributed by atoms with van der Waals surface area (Å²) in [6.45, 7) is 3.26. The largest absolute Gasteiger partial charge is 0.432 e. The van der Waals surface area contributed by atoms with Crippen molar-refractivity contribution in [1.82, 2.24) is 0 Å². The van der Waals surface area contributed by atoms with Crippen molar-refractivity contribution in [3.63, 3.8) is 0 Å². The quantitative estimate of drug-likeness (QED) is 0.0519. The molecule has 5 rings (SSSR count). The van der Waals surface area contributed by atoms with Gasteiger partial charge >= 0.3 is 12.1 Å². The Morgan fingerprint density at radius 3 is 1.96 bits per heavy atom. The van der Waals surface area contributed by atoms with Crippen LogP contribution in [0.25, 0.3) is 11.1 Å². The predicted molar refractivity (Wildman–Crippen MR) is 156 cm³/mol. The smallest absolute Gasteiger partial charge is 0.429 e. The molecule has 254 valence electrons. The molecular weight excluding hydrogens is 652 g/mol. The van der Waals surface area contributed by atoms with E-state index in [4.69, 9.17) is 14.2 Å². The van der Waals surface area contributed by atoms with Gasteiger partial charge in [-0.3, -0.25) is 0 Å². The van der Waals surface area contributed by atoms with E-state index in [-0.39, 0.29) is 23.4 Å². The molecule has 0 bridgehead atoms. The summed E-state index contributed by atoms with van der Waals surface area (Å²) in [4.78, 5) is 12.7. The molecule has 48 heavy (non-hydrogen) atoms. The Bertz CT molecular complexity index is 1730. The lowest BCUT2D eigenvalue weighted by molar-refractivity contribution is -0.206. The normalized spacial score (nSPS) is 16.5. The van der Waals surface area contributed by atoms with Crippen LogP contribution >= 0.6 is 0 Å². The Kier molecular flexibility index (Phi) is 10.7. The van der Waals surface area contributed by atoms with Crippen molar-refractivity contribution < 1.29 is 58.9 Å². The van der Waals surface area contributed by atoms with Crippen LogP contribution in [0.2, 0.25) is 0 Å². The second kappa shape index (κ2) is 14.7. The molecule has 4 aromatic rings. The molecule has 1 saturated heterocycles. The van der Waals surface area contributed by atoms with Crippen LogP contribution in [0.5, 0.6) is 11.5 Å². The van der Waals surface area contributed by atoms with Gasteiger partial charge in [0.2, 0.25) is 0 Å². The summed E-state index contributed by atoms with van der Waals surface area (Å²) in [6, 6.07) is 10.1. The lowest BCUT2D eigenvalue weighted by atomic mass is 10.0. The molecule has 0 amide bonds. The van der Waals surface area contributed by atoms with Crippen molar-refractivity contribution in [3.05, 3.63) is 118 Å². The van der Waals surface area contributed by atoms with Crippen molar-refractivity contribution in [1.29, 1.82) is 0 Å². The number of alkyl halides is 2. The highest BCUT2D eigenvalue weighted by atomic mass is 19.3. The van der Waals surface area contributed by atoms with Gasteiger partial charge in [-0.25, -0.2) is 31.1 Å². The van der Waals surface area contributed by atoms with Crippen molar-refractivity contribution in [3.8, 4) is 22.6 Å².